The van der Waals surface area contributed by atoms with Crippen LogP contribution in [0.25, 0.3) is 22.6 Å². The number of hydrogen-bond acceptors (Lipinski definition) is 7. The molecular formula is C26H30N4O4. The number of H-pyrrole nitrogens is 1. The molecule has 3 aliphatic rings. The van der Waals surface area contributed by atoms with Crippen LogP contribution in [0.15, 0.2) is 42.6 Å². The van der Waals surface area contributed by atoms with E-state index in [0.717, 1.165) is 72.4 Å². The van der Waals surface area contributed by atoms with Crippen LogP contribution >= 0.6 is 0 Å². The minimum Gasteiger partial charge on any atom is -0.454 e. The Morgan fingerprint density at radius 3 is 2.71 bits per heavy atom. The lowest BCUT2D eigenvalue weighted by atomic mass is 9.96. The van der Waals surface area contributed by atoms with Crippen LogP contribution in [-0.4, -0.2) is 64.8 Å². The van der Waals surface area contributed by atoms with E-state index in [2.05, 4.69) is 14.9 Å². The Bertz CT molecular complexity index is 1150. The summed E-state index contributed by atoms with van der Waals surface area (Å²) in [7, 11) is 0. The molecule has 0 amide bonds. The first-order valence-electron chi connectivity index (χ1n) is 12.0. The molecule has 3 aromatic rings. The van der Waals surface area contributed by atoms with E-state index in [1.165, 1.54) is 0 Å². The maximum absolute atomic E-state index is 6.00. The van der Waals surface area contributed by atoms with E-state index in [-0.39, 0.29) is 12.9 Å². The molecule has 0 bridgehead atoms. The number of ether oxygens (including phenoxy) is 4. The minimum atomic E-state index is -0.468. The maximum Gasteiger partial charge on any atom is 0.231 e. The Morgan fingerprint density at radius 1 is 1.09 bits per heavy atom. The number of fused-ring (bicyclic) bond motifs is 1. The van der Waals surface area contributed by atoms with Gasteiger partial charge in [-0.1, -0.05) is 6.07 Å². The van der Waals surface area contributed by atoms with E-state index in [1.807, 2.05) is 56.4 Å². The van der Waals surface area contributed by atoms with Crippen LogP contribution in [0.4, 0.5) is 0 Å². The molecular weight excluding hydrogens is 432 g/mol. The van der Waals surface area contributed by atoms with E-state index >= 15 is 0 Å². The summed E-state index contributed by atoms with van der Waals surface area (Å²) in [4.78, 5) is 15.8. The van der Waals surface area contributed by atoms with Crippen molar-refractivity contribution < 1.29 is 18.9 Å². The monoisotopic (exact) mass is 462 g/mol. The third kappa shape index (κ3) is 4.29. The number of nitrogens with zero attached hydrogens (tertiary/aromatic N) is 3. The first-order valence-corrected chi connectivity index (χ1v) is 12.0. The number of likely N-dealkylation sites (tertiary alicyclic amines) is 1. The van der Waals surface area contributed by atoms with Gasteiger partial charge in [-0.3, -0.25) is 4.98 Å². The molecule has 34 heavy (non-hydrogen) atoms. The number of pyridine rings is 1. The molecule has 2 fully saturated rings. The van der Waals surface area contributed by atoms with E-state index in [1.54, 1.807) is 0 Å². The van der Waals surface area contributed by atoms with Gasteiger partial charge in [0.15, 0.2) is 17.3 Å². The highest BCUT2D eigenvalue weighted by atomic mass is 16.7. The molecule has 8 nitrogen and oxygen atoms in total. The number of aromatic nitrogens is 3. The van der Waals surface area contributed by atoms with Gasteiger partial charge in [-0.2, -0.15) is 0 Å². The van der Waals surface area contributed by atoms with Gasteiger partial charge >= 0.3 is 0 Å². The molecule has 1 N–H and O–H groups in total. The lowest BCUT2D eigenvalue weighted by Crippen LogP contribution is -2.39. The number of benzene rings is 1. The van der Waals surface area contributed by atoms with Gasteiger partial charge in [0.1, 0.15) is 5.82 Å². The summed E-state index contributed by atoms with van der Waals surface area (Å²) in [6.45, 7) is 7.83. The number of aromatic amines is 1. The zero-order valence-corrected chi connectivity index (χ0v) is 19.6. The van der Waals surface area contributed by atoms with Gasteiger partial charge in [-0.25, -0.2) is 4.98 Å². The average molecular weight is 463 g/mol. The maximum atomic E-state index is 6.00. The molecule has 8 heteroatoms. The molecule has 1 aromatic carbocycles. The third-order valence-electron chi connectivity index (χ3n) is 6.79. The van der Waals surface area contributed by atoms with Crippen LogP contribution in [0.1, 0.15) is 38.4 Å². The van der Waals surface area contributed by atoms with Crippen molar-refractivity contribution in [1.82, 2.24) is 19.9 Å². The average Bonchev–Trinajstić information content (AvgIpc) is 3.58. The molecule has 1 unspecified atom stereocenters. The highest BCUT2D eigenvalue weighted by molar-refractivity contribution is 5.78. The highest BCUT2D eigenvalue weighted by Crippen LogP contribution is 2.39. The minimum absolute atomic E-state index is 0.142. The molecule has 5 heterocycles. The lowest BCUT2D eigenvalue weighted by Gasteiger charge is -2.32. The molecule has 0 aliphatic carbocycles. The lowest BCUT2D eigenvalue weighted by molar-refractivity contribution is -0.140. The summed E-state index contributed by atoms with van der Waals surface area (Å²) in [6, 6.07) is 11.9. The molecule has 0 radical (unpaired) electrons. The van der Waals surface area contributed by atoms with Gasteiger partial charge in [0.25, 0.3) is 0 Å². The van der Waals surface area contributed by atoms with Gasteiger partial charge in [-0.05, 0) is 70.1 Å². The van der Waals surface area contributed by atoms with Crippen LogP contribution in [0.2, 0.25) is 0 Å². The van der Waals surface area contributed by atoms with Crippen molar-refractivity contribution in [1.29, 1.82) is 0 Å². The van der Waals surface area contributed by atoms with Gasteiger partial charge < -0.3 is 28.8 Å². The summed E-state index contributed by atoms with van der Waals surface area (Å²) >= 11 is 0. The van der Waals surface area contributed by atoms with Crippen molar-refractivity contribution in [2.75, 3.05) is 33.0 Å². The summed E-state index contributed by atoms with van der Waals surface area (Å²) in [5.74, 6) is 2.45. The smallest absolute Gasteiger partial charge is 0.231 e. The second kappa shape index (κ2) is 8.69. The van der Waals surface area contributed by atoms with Crippen molar-refractivity contribution in [2.45, 2.75) is 44.5 Å². The van der Waals surface area contributed by atoms with Crippen LogP contribution in [0.3, 0.4) is 0 Å². The fourth-order valence-electron chi connectivity index (χ4n) is 5.06. The molecule has 1 atom stereocenters. The molecule has 178 valence electrons. The number of hydrogen-bond donors (Lipinski definition) is 1. The molecule has 6 rings (SSSR count). The second-order valence-electron chi connectivity index (χ2n) is 9.65. The van der Waals surface area contributed by atoms with Crippen molar-refractivity contribution in [3.8, 4) is 34.1 Å². The van der Waals surface area contributed by atoms with E-state index in [9.17, 15) is 0 Å². The summed E-state index contributed by atoms with van der Waals surface area (Å²) in [5, 5.41) is 0. The molecule has 0 spiro atoms. The Labute approximate surface area is 199 Å². The van der Waals surface area contributed by atoms with E-state index in [4.69, 9.17) is 23.9 Å². The molecule has 2 aromatic heterocycles. The summed E-state index contributed by atoms with van der Waals surface area (Å²) < 4.78 is 22.8. The highest BCUT2D eigenvalue weighted by Gasteiger charge is 2.34. The van der Waals surface area contributed by atoms with Crippen molar-refractivity contribution in [2.24, 2.45) is 0 Å². The Balaban J connectivity index is 1.22. The predicted octanol–water partition coefficient (Wildman–Crippen LogP) is 4.20. The zero-order valence-electron chi connectivity index (χ0n) is 19.6. The SMILES string of the molecule is CC1(C)OCC(CN2CCC(c3nc(-c4ccc5c(c4)OCO5)c(-c4ccccn4)[nH]3)CC2)O1. The largest absolute Gasteiger partial charge is 0.454 e. The summed E-state index contributed by atoms with van der Waals surface area (Å²) in [5.41, 5.74) is 3.71. The molecule has 2 saturated heterocycles. The predicted molar refractivity (Wildman–Crippen MR) is 127 cm³/mol. The number of imidazole rings is 1. The van der Waals surface area contributed by atoms with Crippen molar-refractivity contribution >= 4 is 0 Å². The van der Waals surface area contributed by atoms with Gasteiger partial charge in [0.05, 0.1) is 29.8 Å². The fraction of sp³-hybridized carbons (Fsp3) is 0.462. The number of piperidine rings is 1. The van der Waals surface area contributed by atoms with Crippen LogP contribution in [-0.2, 0) is 9.47 Å². The quantitative estimate of drug-likeness (QED) is 0.609. The Kier molecular flexibility index (Phi) is 5.51. The van der Waals surface area contributed by atoms with Crippen LogP contribution < -0.4 is 9.47 Å². The summed E-state index contributed by atoms with van der Waals surface area (Å²) in [6.07, 6.45) is 4.05. The zero-order chi connectivity index (χ0) is 23.1. The first-order chi connectivity index (χ1) is 16.5. The van der Waals surface area contributed by atoms with E-state index < -0.39 is 5.79 Å². The van der Waals surface area contributed by atoms with Crippen LogP contribution in [0, 0.1) is 0 Å². The van der Waals surface area contributed by atoms with E-state index in [0.29, 0.717) is 12.5 Å². The Morgan fingerprint density at radius 2 is 1.94 bits per heavy atom. The fourth-order valence-corrected chi connectivity index (χ4v) is 5.06. The second-order valence-corrected chi connectivity index (χ2v) is 9.65. The van der Waals surface area contributed by atoms with Crippen molar-refractivity contribution in [3.05, 3.63) is 48.4 Å². The normalized spacial score (nSPS) is 22.4. The number of rotatable bonds is 5. The van der Waals surface area contributed by atoms with Gasteiger partial charge in [0.2, 0.25) is 6.79 Å². The van der Waals surface area contributed by atoms with Gasteiger partial charge in [0, 0.05) is 24.2 Å². The number of nitrogens with one attached hydrogen (secondary N) is 1. The van der Waals surface area contributed by atoms with Gasteiger partial charge in [-0.15, -0.1) is 0 Å². The standard InChI is InChI=1S/C26H30N4O4/c1-26(2)33-15-19(34-26)14-30-11-8-17(9-12-30)25-28-23(24(29-25)20-5-3-4-10-27-20)18-6-7-21-22(13-18)32-16-31-21/h3-7,10,13,17,19H,8-9,11-12,14-16H2,1-2H3,(H,28,29). The third-order valence-corrected chi connectivity index (χ3v) is 6.79. The Hall–Kier alpha value is -2.94. The topological polar surface area (TPSA) is 81.7 Å². The van der Waals surface area contributed by atoms with Crippen molar-refractivity contribution in [3.63, 3.8) is 0 Å². The first kappa shape index (κ1) is 21.6. The van der Waals surface area contributed by atoms with Crippen LogP contribution in [0.5, 0.6) is 11.5 Å². The molecule has 3 aliphatic heterocycles. The molecule has 0 saturated carbocycles.